The van der Waals surface area contributed by atoms with Gasteiger partial charge in [-0.15, -0.1) is 0 Å². The highest BCUT2D eigenvalue weighted by molar-refractivity contribution is 6.09. The van der Waals surface area contributed by atoms with Crippen LogP contribution in [0.25, 0.3) is 6.08 Å². The minimum atomic E-state index is -0.448. The molecule has 1 aromatic carbocycles. The van der Waals surface area contributed by atoms with E-state index >= 15 is 0 Å². The van der Waals surface area contributed by atoms with Crippen LogP contribution in [0.15, 0.2) is 29.4 Å². The fraction of sp³-hybridized carbons (Fsp3) is 0.500. The summed E-state index contributed by atoms with van der Waals surface area (Å²) < 4.78 is 16.2. The monoisotopic (exact) mass is 372 g/mol. The van der Waals surface area contributed by atoms with Crippen molar-refractivity contribution < 1.29 is 24.1 Å². The lowest BCUT2D eigenvalue weighted by Gasteiger charge is -2.48. The van der Waals surface area contributed by atoms with Gasteiger partial charge in [-0.2, -0.15) is 0 Å². The van der Waals surface area contributed by atoms with E-state index in [1.807, 2.05) is 19.1 Å². The third kappa shape index (κ3) is 3.14. The first-order valence-electron chi connectivity index (χ1n) is 9.31. The highest BCUT2D eigenvalue weighted by atomic mass is 16.5. The molecule has 0 saturated heterocycles. The Morgan fingerprint density at radius 3 is 2.37 bits per heavy atom. The van der Waals surface area contributed by atoms with Gasteiger partial charge < -0.3 is 19.3 Å². The predicted molar refractivity (Wildman–Crippen MR) is 104 cm³/mol. The maximum atomic E-state index is 12.9. The fourth-order valence-electron chi connectivity index (χ4n) is 4.37. The zero-order valence-corrected chi connectivity index (χ0v) is 16.7. The maximum absolute atomic E-state index is 12.9. The molecule has 0 bridgehead atoms. The quantitative estimate of drug-likeness (QED) is 0.815. The number of hydrogen-bond acceptors (Lipinski definition) is 5. The van der Waals surface area contributed by atoms with Gasteiger partial charge in [-0.25, -0.2) is 0 Å². The first-order valence-corrected chi connectivity index (χ1v) is 9.31. The summed E-state index contributed by atoms with van der Waals surface area (Å²) in [5.41, 5.74) is 2.07. The Labute approximate surface area is 160 Å². The molecule has 5 nitrogen and oxygen atoms in total. The molecule has 2 aliphatic carbocycles. The van der Waals surface area contributed by atoms with E-state index in [1.54, 1.807) is 33.5 Å². The van der Waals surface area contributed by atoms with Crippen molar-refractivity contribution in [3.63, 3.8) is 0 Å². The number of carbonyl (C=O) groups is 1. The van der Waals surface area contributed by atoms with E-state index in [9.17, 15) is 9.90 Å². The average molecular weight is 372 g/mol. The van der Waals surface area contributed by atoms with Crippen molar-refractivity contribution in [2.45, 2.75) is 39.2 Å². The van der Waals surface area contributed by atoms with E-state index in [2.05, 4.69) is 6.92 Å². The van der Waals surface area contributed by atoms with Crippen LogP contribution in [0.2, 0.25) is 0 Å². The van der Waals surface area contributed by atoms with E-state index in [4.69, 9.17) is 14.2 Å². The van der Waals surface area contributed by atoms with Gasteiger partial charge in [-0.1, -0.05) is 19.4 Å². The molecule has 0 spiro atoms. The number of methoxy groups -OCH3 is 3. The van der Waals surface area contributed by atoms with Gasteiger partial charge >= 0.3 is 0 Å². The second kappa shape index (κ2) is 7.39. The van der Waals surface area contributed by atoms with Crippen molar-refractivity contribution in [3.05, 3.63) is 34.9 Å². The van der Waals surface area contributed by atoms with E-state index in [-0.39, 0.29) is 11.7 Å². The summed E-state index contributed by atoms with van der Waals surface area (Å²) in [5, 5.41) is 10.7. The van der Waals surface area contributed by atoms with Crippen LogP contribution >= 0.6 is 0 Å². The summed E-state index contributed by atoms with van der Waals surface area (Å²) in [6.07, 6.45) is 5.69. The molecular weight excluding hydrogens is 344 g/mol. The summed E-state index contributed by atoms with van der Waals surface area (Å²) in [6, 6.07) is 3.56. The Hall–Kier alpha value is -2.27. The van der Waals surface area contributed by atoms with Crippen LogP contribution in [0, 0.1) is 11.3 Å². The molecule has 1 N–H and O–H groups in total. The molecule has 1 fully saturated rings. The van der Waals surface area contributed by atoms with Gasteiger partial charge in [0.25, 0.3) is 0 Å². The second-order valence-electron chi connectivity index (χ2n) is 7.50. The number of fused-ring (bicyclic) bond motifs is 1. The summed E-state index contributed by atoms with van der Waals surface area (Å²) in [4.78, 5) is 12.9. The summed E-state index contributed by atoms with van der Waals surface area (Å²) in [5.74, 6) is 1.64. The molecule has 0 radical (unpaired) electrons. The van der Waals surface area contributed by atoms with Crippen LogP contribution in [0.1, 0.15) is 38.7 Å². The lowest BCUT2D eigenvalue weighted by molar-refractivity contribution is -0.113. The minimum absolute atomic E-state index is 0.000845. The standard InChI is InChI=1S/C22H28O5/c1-13-16(17(23)11-15-7-6-8-21(24)22(13,15)2)9-14-10-19(26-4)20(27-5)12-18(14)25-3/h9-13,21,24H,6-8H2,1-5H3/t13-,21-,22-/m0/s1. The minimum Gasteiger partial charge on any atom is -0.496 e. The van der Waals surface area contributed by atoms with Crippen molar-refractivity contribution in [1.29, 1.82) is 0 Å². The van der Waals surface area contributed by atoms with Crippen LogP contribution in [-0.2, 0) is 4.79 Å². The molecule has 0 amide bonds. The summed E-state index contributed by atoms with van der Waals surface area (Å²) in [6.45, 7) is 4.10. The molecule has 1 saturated carbocycles. The number of carbonyl (C=O) groups excluding carboxylic acids is 1. The molecular formula is C22H28O5. The Morgan fingerprint density at radius 1 is 1.11 bits per heavy atom. The van der Waals surface area contributed by atoms with Crippen LogP contribution in [0.3, 0.4) is 0 Å². The maximum Gasteiger partial charge on any atom is 0.182 e. The van der Waals surface area contributed by atoms with Crippen LogP contribution < -0.4 is 14.2 Å². The molecule has 3 rings (SSSR count). The van der Waals surface area contributed by atoms with Crippen LogP contribution in [0.5, 0.6) is 17.2 Å². The highest BCUT2D eigenvalue weighted by Crippen LogP contribution is 2.52. The molecule has 0 aliphatic heterocycles. The molecule has 146 valence electrons. The van der Waals surface area contributed by atoms with E-state index < -0.39 is 11.5 Å². The number of hydrogen-bond donors (Lipinski definition) is 1. The Balaban J connectivity index is 2.12. The molecule has 0 heterocycles. The van der Waals surface area contributed by atoms with Crippen LogP contribution in [0.4, 0.5) is 0 Å². The number of aliphatic hydroxyl groups excluding tert-OH is 1. The summed E-state index contributed by atoms with van der Waals surface area (Å²) >= 11 is 0. The average Bonchev–Trinajstić information content (AvgIpc) is 2.67. The molecule has 2 aliphatic rings. The topological polar surface area (TPSA) is 65.0 Å². The first-order chi connectivity index (χ1) is 12.9. The van der Waals surface area contributed by atoms with E-state index in [1.165, 1.54) is 0 Å². The lowest BCUT2D eigenvalue weighted by Crippen LogP contribution is -2.46. The fourth-order valence-corrected chi connectivity index (χ4v) is 4.37. The number of ketones is 1. The molecule has 0 unspecified atom stereocenters. The molecule has 5 heteroatoms. The van der Waals surface area contributed by atoms with E-state index in [0.29, 0.717) is 22.8 Å². The van der Waals surface area contributed by atoms with Crippen molar-refractivity contribution in [2.24, 2.45) is 11.3 Å². The Morgan fingerprint density at radius 2 is 1.74 bits per heavy atom. The van der Waals surface area contributed by atoms with Gasteiger partial charge in [0.2, 0.25) is 0 Å². The van der Waals surface area contributed by atoms with Gasteiger partial charge in [0.15, 0.2) is 17.3 Å². The SMILES string of the molecule is COc1cc(OC)c(OC)cc1C=C1C(=O)C=C2CCC[C@H](O)[C@@]2(C)[C@H]1C. The lowest BCUT2D eigenvalue weighted by atomic mass is 9.57. The van der Waals surface area contributed by atoms with Crippen molar-refractivity contribution >= 4 is 11.9 Å². The zero-order valence-electron chi connectivity index (χ0n) is 16.7. The number of allylic oxidation sites excluding steroid dienone is 2. The van der Waals surface area contributed by atoms with Crippen LogP contribution in [-0.4, -0.2) is 38.3 Å². The molecule has 27 heavy (non-hydrogen) atoms. The zero-order chi connectivity index (χ0) is 19.8. The molecule has 3 atom stereocenters. The number of aliphatic hydroxyl groups is 1. The van der Waals surface area contributed by atoms with Crippen molar-refractivity contribution in [2.75, 3.05) is 21.3 Å². The van der Waals surface area contributed by atoms with Gasteiger partial charge in [-0.3, -0.25) is 4.79 Å². The number of rotatable bonds is 4. The third-order valence-electron chi connectivity index (χ3n) is 6.31. The normalized spacial score (nSPS) is 29.2. The van der Waals surface area contributed by atoms with E-state index in [0.717, 1.165) is 30.4 Å². The Bertz CT molecular complexity index is 807. The number of benzene rings is 1. The van der Waals surface area contributed by atoms with Gasteiger partial charge in [0, 0.05) is 22.6 Å². The highest BCUT2D eigenvalue weighted by Gasteiger charge is 2.48. The molecule has 1 aromatic rings. The van der Waals surface area contributed by atoms with Gasteiger partial charge in [0.05, 0.1) is 27.4 Å². The second-order valence-corrected chi connectivity index (χ2v) is 7.50. The predicted octanol–water partition coefficient (Wildman–Crippen LogP) is 3.79. The van der Waals surface area contributed by atoms with Crippen molar-refractivity contribution in [3.8, 4) is 17.2 Å². The third-order valence-corrected chi connectivity index (χ3v) is 6.31. The Kier molecular flexibility index (Phi) is 5.33. The summed E-state index contributed by atoms with van der Waals surface area (Å²) in [7, 11) is 4.73. The largest absolute Gasteiger partial charge is 0.496 e. The number of ether oxygens (including phenoxy) is 3. The molecule has 0 aromatic heterocycles. The van der Waals surface area contributed by atoms with Crippen molar-refractivity contribution in [1.82, 2.24) is 0 Å². The first kappa shape index (κ1) is 19.5. The van der Waals surface area contributed by atoms with Gasteiger partial charge in [0.1, 0.15) is 5.75 Å². The smallest absolute Gasteiger partial charge is 0.182 e. The van der Waals surface area contributed by atoms with Gasteiger partial charge in [-0.05, 0) is 43.4 Å².